The second kappa shape index (κ2) is 6.06. The minimum Gasteiger partial charge on any atom is -0.380 e. The van der Waals surface area contributed by atoms with Crippen molar-refractivity contribution in [3.63, 3.8) is 0 Å². The van der Waals surface area contributed by atoms with E-state index in [1.165, 1.54) is 6.07 Å². The van der Waals surface area contributed by atoms with E-state index in [4.69, 9.17) is 16.3 Å². The summed E-state index contributed by atoms with van der Waals surface area (Å²) in [5.74, 6) is -1.28. The third-order valence-electron chi connectivity index (χ3n) is 3.13. The number of ether oxygens (including phenoxy) is 1. The van der Waals surface area contributed by atoms with E-state index in [1.807, 2.05) is 13.8 Å². The van der Waals surface area contributed by atoms with Gasteiger partial charge < -0.3 is 9.30 Å². The van der Waals surface area contributed by atoms with E-state index in [0.29, 0.717) is 24.6 Å². The predicted octanol–water partition coefficient (Wildman–Crippen LogP) is 4.21. The number of hydrogen-bond donors (Lipinski definition) is 0. The Morgan fingerprint density at radius 2 is 2.05 bits per heavy atom. The number of fused-ring (bicyclic) bond motifs is 1. The fraction of sp³-hybridized carbons (Fsp3) is 0.500. The van der Waals surface area contributed by atoms with Crippen molar-refractivity contribution >= 4 is 22.6 Å². The van der Waals surface area contributed by atoms with Crippen LogP contribution in [0.3, 0.4) is 0 Å². The molecule has 0 radical (unpaired) electrons. The Morgan fingerprint density at radius 3 is 2.65 bits per heavy atom. The molecule has 0 aliphatic heterocycles. The van der Waals surface area contributed by atoms with Crippen molar-refractivity contribution in [3.8, 4) is 0 Å². The Labute approximate surface area is 121 Å². The summed E-state index contributed by atoms with van der Waals surface area (Å²) in [5, 5.41) is -0.408. The zero-order valence-electron chi connectivity index (χ0n) is 11.7. The van der Waals surface area contributed by atoms with Gasteiger partial charge in [-0.1, -0.05) is 0 Å². The number of rotatable bonds is 5. The molecule has 0 amide bonds. The van der Waals surface area contributed by atoms with Gasteiger partial charge in [-0.3, -0.25) is 0 Å². The van der Waals surface area contributed by atoms with Crippen LogP contribution in [-0.4, -0.2) is 22.8 Å². The molecule has 0 saturated carbocycles. The number of imidazole rings is 1. The first-order valence-corrected chi connectivity index (χ1v) is 6.98. The topological polar surface area (TPSA) is 27.1 Å². The molecule has 0 aliphatic carbocycles. The Kier molecular flexibility index (Phi) is 4.60. The van der Waals surface area contributed by atoms with Gasteiger partial charge in [-0.05, 0) is 32.9 Å². The molecule has 1 aromatic heterocycles. The molecule has 2 aromatic rings. The number of benzene rings is 1. The van der Waals surface area contributed by atoms with Gasteiger partial charge >= 0.3 is 0 Å². The molecule has 0 fully saturated rings. The van der Waals surface area contributed by atoms with Gasteiger partial charge in [0, 0.05) is 6.61 Å². The maximum Gasteiger partial charge on any atom is 0.184 e. The van der Waals surface area contributed by atoms with E-state index in [9.17, 15) is 8.78 Å². The van der Waals surface area contributed by atoms with E-state index in [2.05, 4.69) is 4.98 Å². The number of nitrogens with zero attached hydrogens (tertiary/aromatic N) is 2. The van der Waals surface area contributed by atoms with E-state index >= 15 is 0 Å². The van der Waals surface area contributed by atoms with Crippen molar-refractivity contribution in [2.24, 2.45) is 0 Å². The predicted molar refractivity (Wildman–Crippen MR) is 75.1 cm³/mol. The lowest BCUT2D eigenvalue weighted by atomic mass is 10.2. The lowest BCUT2D eigenvalue weighted by Gasteiger charge is -2.18. The first-order valence-electron chi connectivity index (χ1n) is 6.55. The Balaban J connectivity index is 2.63. The molecular weight excluding hydrogens is 286 g/mol. The van der Waals surface area contributed by atoms with Gasteiger partial charge in [0.2, 0.25) is 0 Å². The third-order valence-corrected chi connectivity index (χ3v) is 3.33. The minimum atomic E-state index is -0.901. The average molecular weight is 303 g/mol. The first-order chi connectivity index (χ1) is 9.47. The molecule has 2 rings (SSSR count). The fourth-order valence-electron chi connectivity index (χ4n) is 2.23. The van der Waals surface area contributed by atoms with Crippen LogP contribution in [-0.2, 0) is 4.74 Å². The lowest BCUT2D eigenvalue weighted by Crippen LogP contribution is -2.16. The molecule has 20 heavy (non-hydrogen) atoms. The van der Waals surface area contributed by atoms with Gasteiger partial charge in [0.05, 0.1) is 23.5 Å². The largest absolute Gasteiger partial charge is 0.380 e. The van der Waals surface area contributed by atoms with Gasteiger partial charge in [0.15, 0.2) is 11.6 Å². The summed E-state index contributed by atoms with van der Waals surface area (Å²) < 4.78 is 34.6. The van der Waals surface area contributed by atoms with Crippen LogP contribution in [0.4, 0.5) is 8.78 Å². The molecule has 3 nitrogen and oxygen atoms in total. The summed E-state index contributed by atoms with van der Waals surface area (Å²) in [4.78, 5) is 4.31. The molecule has 1 heterocycles. The van der Waals surface area contributed by atoms with Gasteiger partial charge in [-0.25, -0.2) is 13.8 Å². The summed E-state index contributed by atoms with van der Waals surface area (Å²) in [6, 6.07) is 2.35. The highest BCUT2D eigenvalue weighted by molar-refractivity contribution is 6.20. The van der Waals surface area contributed by atoms with Crippen molar-refractivity contribution in [2.75, 3.05) is 13.2 Å². The number of alkyl halides is 1. The normalized spacial score (nSPS) is 14.7. The van der Waals surface area contributed by atoms with Crippen LogP contribution in [0.5, 0.6) is 0 Å². The molecule has 0 saturated heterocycles. The lowest BCUT2D eigenvalue weighted by molar-refractivity contribution is 0.119. The molecule has 2 atom stereocenters. The molecule has 6 heteroatoms. The van der Waals surface area contributed by atoms with Crippen LogP contribution in [0.1, 0.15) is 38.0 Å². The molecule has 0 spiro atoms. The molecular formula is C14H17ClF2N2O. The molecule has 0 bridgehead atoms. The van der Waals surface area contributed by atoms with E-state index in [-0.39, 0.29) is 11.6 Å². The summed E-state index contributed by atoms with van der Waals surface area (Å²) in [5.41, 5.74) is 0.537. The van der Waals surface area contributed by atoms with Crippen molar-refractivity contribution < 1.29 is 13.5 Å². The van der Waals surface area contributed by atoms with Gasteiger partial charge in [0.1, 0.15) is 11.3 Å². The summed E-state index contributed by atoms with van der Waals surface area (Å²) >= 11 is 6.11. The summed E-state index contributed by atoms with van der Waals surface area (Å²) in [6.45, 7) is 6.43. The number of hydrogen-bond acceptors (Lipinski definition) is 2. The third kappa shape index (κ3) is 2.65. The van der Waals surface area contributed by atoms with Crippen molar-refractivity contribution in [1.29, 1.82) is 0 Å². The summed E-state index contributed by atoms with van der Waals surface area (Å²) in [7, 11) is 0. The van der Waals surface area contributed by atoms with Gasteiger partial charge in [0.25, 0.3) is 0 Å². The van der Waals surface area contributed by atoms with Crippen LogP contribution in [0.15, 0.2) is 12.1 Å². The van der Waals surface area contributed by atoms with Crippen LogP contribution in [0, 0.1) is 11.6 Å². The Bertz CT molecular complexity index is 613. The average Bonchev–Trinajstić information content (AvgIpc) is 2.80. The van der Waals surface area contributed by atoms with Gasteiger partial charge in [-0.15, -0.1) is 11.6 Å². The maximum atomic E-state index is 14.1. The van der Waals surface area contributed by atoms with Crippen molar-refractivity contribution in [2.45, 2.75) is 32.2 Å². The quantitative estimate of drug-likeness (QED) is 0.774. The fourth-order valence-corrected chi connectivity index (χ4v) is 2.38. The zero-order chi connectivity index (χ0) is 14.9. The van der Waals surface area contributed by atoms with Crippen molar-refractivity contribution in [1.82, 2.24) is 9.55 Å². The van der Waals surface area contributed by atoms with Crippen LogP contribution in [0.25, 0.3) is 11.0 Å². The highest BCUT2D eigenvalue weighted by Gasteiger charge is 2.23. The second-order valence-electron chi connectivity index (χ2n) is 4.69. The zero-order valence-corrected chi connectivity index (χ0v) is 12.4. The highest BCUT2D eigenvalue weighted by Crippen LogP contribution is 2.30. The highest BCUT2D eigenvalue weighted by atomic mass is 35.5. The van der Waals surface area contributed by atoms with Gasteiger partial charge in [-0.2, -0.15) is 0 Å². The second-order valence-corrected chi connectivity index (χ2v) is 5.35. The Hall–Kier alpha value is -1.20. The SMILES string of the molecule is CCOCC(C)n1c(C(C)Cl)nc2ccc(F)c(F)c21. The van der Waals surface area contributed by atoms with Crippen LogP contribution in [0.2, 0.25) is 0 Å². The number of halogens is 3. The van der Waals surface area contributed by atoms with Crippen LogP contribution < -0.4 is 0 Å². The molecule has 0 aliphatic rings. The monoisotopic (exact) mass is 302 g/mol. The van der Waals surface area contributed by atoms with Crippen molar-refractivity contribution in [3.05, 3.63) is 29.6 Å². The van der Waals surface area contributed by atoms with E-state index < -0.39 is 17.0 Å². The number of aromatic nitrogens is 2. The molecule has 2 unspecified atom stereocenters. The maximum absolute atomic E-state index is 14.1. The minimum absolute atomic E-state index is 0.139. The molecule has 1 aromatic carbocycles. The molecule has 110 valence electrons. The first kappa shape index (κ1) is 15.2. The van der Waals surface area contributed by atoms with Crippen LogP contribution >= 0.6 is 11.6 Å². The summed E-state index contributed by atoms with van der Waals surface area (Å²) in [6.07, 6.45) is 0. The van der Waals surface area contributed by atoms with E-state index in [0.717, 1.165) is 6.07 Å². The Morgan fingerprint density at radius 1 is 1.35 bits per heavy atom. The van der Waals surface area contributed by atoms with E-state index in [1.54, 1.807) is 11.5 Å². The standard InChI is InChI=1S/C14H17ClF2N2O/c1-4-20-7-8(2)19-13-11(18-14(19)9(3)15)6-5-10(16)12(13)17/h5-6,8-9H,4,7H2,1-3H3. The smallest absolute Gasteiger partial charge is 0.184 e. The molecule has 0 N–H and O–H groups in total.